The third kappa shape index (κ3) is 4.87. The lowest BCUT2D eigenvalue weighted by Crippen LogP contribution is -2.15. The van der Waals surface area contributed by atoms with Crippen molar-refractivity contribution in [3.8, 4) is 21.6 Å². The van der Waals surface area contributed by atoms with Crippen LogP contribution < -0.4 is 5.73 Å². The summed E-state index contributed by atoms with van der Waals surface area (Å²) in [4.78, 5) is 8.87. The molecule has 4 rings (SSSR count). The van der Waals surface area contributed by atoms with Crippen LogP contribution in [-0.2, 0) is 4.74 Å². The smallest absolute Gasteiger partial charge is 0.289 e. The van der Waals surface area contributed by atoms with Gasteiger partial charge in [-0.2, -0.15) is 5.10 Å². The van der Waals surface area contributed by atoms with Crippen molar-refractivity contribution in [3.63, 3.8) is 0 Å². The van der Waals surface area contributed by atoms with Crippen molar-refractivity contribution in [3.05, 3.63) is 70.6 Å². The van der Waals surface area contributed by atoms with Gasteiger partial charge in [0.15, 0.2) is 10.8 Å². The molecule has 0 saturated carbocycles. The van der Waals surface area contributed by atoms with E-state index in [-0.39, 0.29) is 27.3 Å². The first-order chi connectivity index (χ1) is 15.9. The van der Waals surface area contributed by atoms with Crippen LogP contribution in [0.2, 0.25) is 5.02 Å². The molecule has 1 unspecified atom stereocenters. The van der Waals surface area contributed by atoms with Crippen LogP contribution >= 0.6 is 22.9 Å². The number of methoxy groups -OCH3 is 1. The molecule has 33 heavy (non-hydrogen) atoms. The van der Waals surface area contributed by atoms with Crippen molar-refractivity contribution in [2.24, 2.45) is 0 Å². The summed E-state index contributed by atoms with van der Waals surface area (Å²) in [6.07, 6.45) is 4.24. The number of hydrogen-bond acceptors (Lipinski definition) is 6. The average Bonchev–Trinajstić information content (AvgIpc) is 3.48. The molecule has 0 fully saturated rings. The Morgan fingerprint density at radius 2 is 1.94 bits per heavy atom. The van der Waals surface area contributed by atoms with Crippen molar-refractivity contribution >= 4 is 28.6 Å². The van der Waals surface area contributed by atoms with Gasteiger partial charge in [0.2, 0.25) is 0 Å². The molecule has 11 heteroatoms. The van der Waals surface area contributed by atoms with Crippen molar-refractivity contribution in [1.82, 2.24) is 19.7 Å². The molecule has 0 spiro atoms. The van der Waals surface area contributed by atoms with Gasteiger partial charge in [0.05, 0.1) is 27.8 Å². The zero-order chi connectivity index (χ0) is 23.5. The Hall–Kier alpha value is -2.95. The monoisotopic (exact) mass is 493 g/mol. The Morgan fingerprint density at radius 1 is 1.12 bits per heavy atom. The van der Waals surface area contributed by atoms with E-state index >= 15 is 0 Å². The lowest BCUT2D eigenvalue weighted by Gasteiger charge is -2.17. The van der Waals surface area contributed by atoms with Crippen LogP contribution in [0.15, 0.2) is 49.1 Å². The van der Waals surface area contributed by atoms with Crippen LogP contribution in [0.1, 0.15) is 29.6 Å². The lowest BCUT2D eigenvalue weighted by molar-refractivity contribution is 0.151. The number of nitrogens with two attached hydrogens (primary N) is 1. The molecule has 0 amide bonds. The van der Waals surface area contributed by atoms with E-state index in [0.717, 1.165) is 11.3 Å². The van der Waals surface area contributed by atoms with Crippen LogP contribution in [0.5, 0.6) is 0 Å². The highest BCUT2D eigenvalue weighted by atomic mass is 35.5. The number of rotatable bonds is 8. The molecular weight excluding hydrogens is 475 g/mol. The lowest BCUT2D eigenvalue weighted by atomic mass is 10.0. The molecular formula is C22H19ClF3N5OS. The van der Waals surface area contributed by atoms with E-state index < -0.39 is 12.2 Å². The minimum Gasteiger partial charge on any atom is -0.398 e. The van der Waals surface area contributed by atoms with E-state index in [2.05, 4.69) is 15.1 Å². The fourth-order valence-corrected chi connectivity index (χ4v) is 4.32. The molecule has 3 heterocycles. The number of hydrogen-bond donors (Lipinski definition) is 1. The molecule has 3 aromatic heterocycles. The van der Waals surface area contributed by atoms with Gasteiger partial charge in [-0.15, -0.1) is 11.3 Å². The number of alkyl halides is 2. The number of benzene rings is 1. The zero-order valence-electron chi connectivity index (χ0n) is 17.4. The van der Waals surface area contributed by atoms with Crippen molar-refractivity contribution in [2.75, 3.05) is 19.5 Å². The van der Waals surface area contributed by atoms with E-state index in [1.165, 1.54) is 18.5 Å². The van der Waals surface area contributed by atoms with Crippen LogP contribution in [0.25, 0.3) is 21.6 Å². The Labute approximate surface area is 196 Å². The van der Waals surface area contributed by atoms with Gasteiger partial charge in [-0.25, -0.2) is 18.2 Å². The second-order valence-electron chi connectivity index (χ2n) is 7.17. The molecule has 0 bridgehead atoms. The quantitative estimate of drug-likeness (QED) is 0.304. The van der Waals surface area contributed by atoms with E-state index in [4.69, 9.17) is 22.1 Å². The Balaban J connectivity index is 1.65. The summed E-state index contributed by atoms with van der Waals surface area (Å²) in [5.74, 6) is -0.605. The summed E-state index contributed by atoms with van der Waals surface area (Å²) in [7, 11) is 1.59. The topological polar surface area (TPSA) is 78.9 Å². The molecule has 0 saturated heterocycles. The summed E-state index contributed by atoms with van der Waals surface area (Å²) in [5, 5.41) is 4.15. The van der Waals surface area contributed by atoms with E-state index in [0.29, 0.717) is 34.7 Å². The van der Waals surface area contributed by atoms with Gasteiger partial charge in [-0.05, 0) is 24.6 Å². The molecule has 0 aliphatic rings. The number of aromatic nitrogens is 4. The predicted octanol–water partition coefficient (Wildman–Crippen LogP) is 6.01. The molecule has 0 aliphatic heterocycles. The highest BCUT2D eigenvalue weighted by molar-refractivity contribution is 7.15. The molecule has 4 aromatic rings. The SMILES string of the molecule is COCCC(c1ccc(-c2c(N)ccc(Cl)c2F)cn1)n1cc(-c2cnc(C(F)F)s2)cn1. The highest BCUT2D eigenvalue weighted by Gasteiger charge is 2.20. The number of anilines is 1. The predicted molar refractivity (Wildman–Crippen MR) is 122 cm³/mol. The number of halogens is 4. The first-order valence-electron chi connectivity index (χ1n) is 9.86. The molecule has 172 valence electrons. The van der Waals surface area contributed by atoms with Gasteiger partial charge >= 0.3 is 0 Å². The molecule has 1 atom stereocenters. The van der Waals surface area contributed by atoms with Gasteiger partial charge < -0.3 is 10.5 Å². The number of nitrogens with zero attached hydrogens (tertiary/aromatic N) is 4. The third-order valence-electron chi connectivity index (χ3n) is 5.05. The van der Waals surface area contributed by atoms with Crippen LogP contribution in [0, 0.1) is 5.82 Å². The first kappa shape index (κ1) is 23.2. The summed E-state index contributed by atoms with van der Waals surface area (Å²) >= 11 is 6.83. The van der Waals surface area contributed by atoms with E-state index in [1.54, 1.807) is 42.4 Å². The van der Waals surface area contributed by atoms with Gasteiger partial charge in [-0.1, -0.05) is 17.7 Å². The summed E-state index contributed by atoms with van der Waals surface area (Å²) < 4.78 is 47.2. The Morgan fingerprint density at radius 3 is 2.61 bits per heavy atom. The van der Waals surface area contributed by atoms with Gasteiger partial charge in [0.1, 0.15) is 0 Å². The second-order valence-corrected chi connectivity index (χ2v) is 8.64. The number of nitrogen functional groups attached to an aromatic ring is 1. The summed E-state index contributed by atoms with van der Waals surface area (Å²) in [6.45, 7) is 0.440. The van der Waals surface area contributed by atoms with E-state index in [1.807, 2.05) is 0 Å². The molecule has 0 radical (unpaired) electrons. The maximum Gasteiger partial charge on any atom is 0.289 e. The van der Waals surface area contributed by atoms with Crippen LogP contribution in [0.3, 0.4) is 0 Å². The normalized spacial score (nSPS) is 12.4. The van der Waals surface area contributed by atoms with E-state index in [9.17, 15) is 13.2 Å². The zero-order valence-corrected chi connectivity index (χ0v) is 19.0. The molecule has 1 aromatic carbocycles. The van der Waals surface area contributed by atoms with Gasteiger partial charge in [0.25, 0.3) is 6.43 Å². The Bertz CT molecular complexity index is 1250. The minimum atomic E-state index is -2.62. The first-order valence-corrected chi connectivity index (χ1v) is 11.1. The molecule has 6 nitrogen and oxygen atoms in total. The summed E-state index contributed by atoms with van der Waals surface area (Å²) in [5.41, 5.74) is 8.23. The summed E-state index contributed by atoms with van der Waals surface area (Å²) in [6, 6.07) is 6.13. The van der Waals surface area contributed by atoms with Crippen LogP contribution in [0.4, 0.5) is 18.9 Å². The third-order valence-corrected chi connectivity index (χ3v) is 6.40. The molecule has 2 N–H and O–H groups in total. The number of ether oxygens (including phenoxy) is 1. The van der Waals surface area contributed by atoms with Crippen molar-refractivity contribution < 1.29 is 17.9 Å². The highest BCUT2D eigenvalue weighted by Crippen LogP contribution is 2.34. The largest absolute Gasteiger partial charge is 0.398 e. The van der Waals surface area contributed by atoms with Gasteiger partial charge in [-0.3, -0.25) is 9.67 Å². The maximum absolute atomic E-state index is 14.5. The maximum atomic E-state index is 14.5. The number of pyridine rings is 1. The van der Waals surface area contributed by atoms with Crippen molar-refractivity contribution in [2.45, 2.75) is 18.9 Å². The van der Waals surface area contributed by atoms with Crippen LogP contribution in [-0.4, -0.2) is 33.5 Å². The second kappa shape index (κ2) is 9.90. The molecule has 0 aliphatic carbocycles. The fourth-order valence-electron chi connectivity index (χ4n) is 3.41. The standard InChI is InChI=1S/C22H19ClF3N5OS/c1-32-7-6-17(31-11-13(9-30-31)18-10-29-22(33-18)21(25)26)16-5-2-12(8-28-16)19-15(27)4-3-14(23)20(19)24/h2-5,8-11,17,21H,6-7,27H2,1H3. The minimum absolute atomic E-state index is 0.0246. The average molecular weight is 494 g/mol. The van der Waals surface area contributed by atoms with Gasteiger partial charge in [0, 0.05) is 54.7 Å². The van der Waals surface area contributed by atoms with Crippen molar-refractivity contribution in [1.29, 1.82) is 0 Å². The number of thiazole rings is 1. The Kier molecular flexibility index (Phi) is 6.96. The fraction of sp³-hybridized carbons (Fsp3) is 0.227.